The van der Waals surface area contributed by atoms with Gasteiger partial charge in [-0.2, -0.15) is 0 Å². The fourth-order valence-corrected chi connectivity index (χ4v) is 1.68. The Kier molecular flexibility index (Phi) is 2.87. The first-order valence-corrected chi connectivity index (χ1v) is 4.01. The molecule has 0 heterocycles. The second-order valence-electron chi connectivity index (χ2n) is 2.98. The molecule has 2 nitrogen and oxygen atoms in total. The Morgan fingerprint density at radius 1 is 1.40 bits per heavy atom. The van der Waals surface area contributed by atoms with E-state index in [0.29, 0.717) is 6.04 Å². The molecule has 2 unspecified atom stereocenters. The molecule has 1 aliphatic rings. The van der Waals surface area contributed by atoms with E-state index in [1.165, 1.54) is 19.3 Å². The number of nitrogens with one attached hydrogen (secondary N) is 1. The molecule has 0 aromatic carbocycles. The van der Waals surface area contributed by atoms with Gasteiger partial charge in [0.15, 0.2) is 0 Å². The number of carbonyl (C=O) groups excluding carboxylic acids is 1. The lowest BCUT2D eigenvalue weighted by Gasteiger charge is -2.26. The van der Waals surface area contributed by atoms with E-state index >= 15 is 0 Å². The Morgan fingerprint density at radius 3 is 2.60 bits per heavy atom. The highest BCUT2D eigenvalue weighted by Gasteiger charge is 2.22. The summed E-state index contributed by atoms with van der Waals surface area (Å²) >= 11 is 0. The fraction of sp³-hybridized carbons (Fsp3) is 0.875. The molecule has 1 fully saturated rings. The SMILES string of the molecule is CNC1CCCCC1C=O. The maximum atomic E-state index is 10.5. The minimum atomic E-state index is 0.277. The maximum absolute atomic E-state index is 10.5. The zero-order chi connectivity index (χ0) is 7.40. The minimum absolute atomic E-state index is 0.277. The molecule has 0 aromatic rings. The first kappa shape index (κ1) is 7.73. The van der Waals surface area contributed by atoms with Gasteiger partial charge in [0.1, 0.15) is 6.29 Å². The van der Waals surface area contributed by atoms with E-state index < -0.39 is 0 Å². The average molecular weight is 141 g/mol. The van der Waals surface area contributed by atoms with Crippen LogP contribution in [-0.2, 0) is 4.79 Å². The van der Waals surface area contributed by atoms with Gasteiger partial charge in [-0.15, -0.1) is 0 Å². The molecule has 1 rings (SSSR count). The highest BCUT2D eigenvalue weighted by molar-refractivity contribution is 5.54. The average Bonchev–Trinajstić information content (AvgIpc) is 2.04. The van der Waals surface area contributed by atoms with Crippen molar-refractivity contribution in [2.24, 2.45) is 5.92 Å². The highest BCUT2D eigenvalue weighted by atomic mass is 16.1. The van der Waals surface area contributed by atoms with Crippen LogP contribution >= 0.6 is 0 Å². The standard InChI is InChI=1S/C8H15NO/c1-9-8-5-3-2-4-7(8)6-10/h6-9H,2-5H2,1H3. The van der Waals surface area contributed by atoms with Gasteiger partial charge in [0, 0.05) is 12.0 Å². The quantitative estimate of drug-likeness (QED) is 0.580. The van der Waals surface area contributed by atoms with Gasteiger partial charge in [0.05, 0.1) is 0 Å². The summed E-state index contributed by atoms with van der Waals surface area (Å²) in [6, 6.07) is 0.450. The van der Waals surface area contributed by atoms with E-state index in [0.717, 1.165) is 12.7 Å². The first-order chi connectivity index (χ1) is 4.88. The summed E-state index contributed by atoms with van der Waals surface area (Å²) in [7, 11) is 1.94. The van der Waals surface area contributed by atoms with Crippen LogP contribution in [-0.4, -0.2) is 19.4 Å². The summed E-state index contributed by atoms with van der Waals surface area (Å²) in [6.45, 7) is 0. The molecule has 0 radical (unpaired) electrons. The zero-order valence-corrected chi connectivity index (χ0v) is 6.47. The van der Waals surface area contributed by atoms with Gasteiger partial charge in [0.25, 0.3) is 0 Å². The van der Waals surface area contributed by atoms with Crippen LogP contribution in [0.1, 0.15) is 25.7 Å². The van der Waals surface area contributed by atoms with Crippen molar-refractivity contribution in [2.45, 2.75) is 31.7 Å². The van der Waals surface area contributed by atoms with E-state index in [4.69, 9.17) is 0 Å². The van der Waals surface area contributed by atoms with Crippen molar-refractivity contribution in [1.82, 2.24) is 5.32 Å². The monoisotopic (exact) mass is 141 g/mol. The Balaban J connectivity index is 2.41. The molecule has 0 spiro atoms. The van der Waals surface area contributed by atoms with Crippen LogP contribution in [0.15, 0.2) is 0 Å². The molecule has 0 aromatic heterocycles. The Bertz CT molecular complexity index is 114. The van der Waals surface area contributed by atoms with Crippen molar-refractivity contribution in [3.8, 4) is 0 Å². The second-order valence-corrected chi connectivity index (χ2v) is 2.98. The van der Waals surface area contributed by atoms with Crippen LogP contribution in [0, 0.1) is 5.92 Å². The maximum Gasteiger partial charge on any atom is 0.124 e. The van der Waals surface area contributed by atoms with Crippen molar-refractivity contribution in [2.75, 3.05) is 7.05 Å². The van der Waals surface area contributed by atoms with Crippen LogP contribution in [0.25, 0.3) is 0 Å². The summed E-state index contributed by atoms with van der Waals surface area (Å²) in [5.74, 6) is 0.277. The topological polar surface area (TPSA) is 29.1 Å². The smallest absolute Gasteiger partial charge is 0.124 e. The molecule has 10 heavy (non-hydrogen) atoms. The first-order valence-electron chi connectivity index (χ1n) is 4.01. The van der Waals surface area contributed by atoms with E-state index in [9.17, 15) is 4.79 Å². The largest absolute Gasteiger partial charge is 0.316 e. The van der Waals surface area contributed by atoms with Gasteiger partial charge in [0.2, 0.25) is 0 Å². The Morgan fingerprint density at radius 2 is 2.10 bits per heavy atom. The summed E-state index contributed by atoms with van der Waals surface area (Å²) < 4.78 is 0. The summed E-state index contributed by atoms with van der Waals surface area (Å²) in [4.78, 5) is 10.5. The molecule has 58 valence electrons. The minimum Gasteiger partial charge on any atom is -0.316 e. The molecule has 2 atom stereocenters. The third-order valence-corrected chi connectivity index (χ3v) is 2.36. The fourth-order valence-electron chi connectivity index (χ4n) is 1.68. The molecule has 1 saturated carbocycles. The lowest BCUT2D eigenvalue weighted by molar-refractivity contribution is -0.112. The second kappa shape index (κ2) is 3.71. The number of rotatable bonds is 2. The molecule has 0 bridgehead atoms. The molecule has 0 saturated heterocycles. The Labute approximate surface area is 62.0 Å². The number of aldehydes is 1. The van der Waals surface area contributed by atoms with Gasteiger partial charge in [-0.25, -0.2) is 0 Å². The lowest BCUT2D eigenvalue weighted by Crippen LogP contribution is -2.36. The van der Waals surface area contributed by atoms with Crippen molar-refractivity contribution in [3.05, 3.63) is 0 Å². The molecular weight excluding hydrogens is 126 g/mol. The van der Waals surface area contributed by atoms with Crippen molar-refractivity contribution >= 4 is 6.29 Å². The normalized spacial score (nSPS) is 33.7. The van der Waals surface area contributed by atoms with E-state index in [1.807, 2.05) is 7.05 Å². The van der Waals surface area contributed by atoms with E-state index in [2.05, 4.69) is 5.32 Å². The summed E-state index contributed by atoms with van der Waals surface area (Å²) in [6.07, 6.45) is 5.84. The van der Waals surface area contributed by atoms with E-state index in [1.54, 1.807) is 0 Å². The van der Waals surface area contributed by atoms with Crippen LogP contribution in [0.4, 0.5) is 0 Å². The van der Waals surface area contributed by atoms with Crippen LogP contribution in [0.2, 0.25) is 0 Å². The van der Waals surface area contributed by atoms with Crippen LogP contribution in [0.3, 0.4) is 0 Å². The summed E-state index contributed by atoms with van der Waals surface area (Å²) in [5.41, 5.74) is 0. The van der Waals surface area contributed by atoms with Crippen molar-refractivity contribution in [1.29, 1.82) is 0 Å². The predicted molar refractivity (Wildman–Crippen MR) is 40.9 cm³/mol. The summed E-state index contributed by atoms with van der Waals surface area (Å²) in [5, 5.41) is 3.17. The molecule has 2 heteroatoms. The number of hydrogen-bond acceptors (Lipinski definition) is 2. The zero-order valence-electron chi connectivity index (χ0n) is 6.47. The van der Waals surface area contributed by atoms with Gasteiger partial charge in [-0.3, -0.25) is 0 Å². The third kappa shape index (κ3) is 1.57. The molecule has 1 N–H and O–H groups in total. The van der Waals surface area contributed by atoms with Gasteiger partial charge in [-0.1, -0.05) is 12.8 Å². The lowest BCUT2D eigenvalue weighted by atomic mass is 9.86. The van der Waals surface area contributed by atoms with Gasteiger partial charge in [-0.05, 0) is 19.9 Å². The highest BCUT2D eigenvalue weighted by Crippen LogP contribution is 2.21. The van der Waals surface area contributed by atoms with Gasteiger partial charge >= 0.3 is 0 Å². The van der Waals surface area contributed by atoms with Crippen LogP contribution in [0.5, 0.6) is 0 Å². The number of hydrogen-bond donors (Lipinski definition) is 1. The van der Waals surface area contributed by atoms with Gasteiger partial charge < -0.3 is 10.1 Å². The van der Waals surface area contributed by atoms with E-state index in [-0.39, 0.29) is 5.92 Å². The molecule has 0 amide bonds. The van der Waals surface area contributed by atoms with Crippen molar-refractivity contribution < 1.29 is 4.79 Å². The molecule has 1 aliphatic carbocycles. The van der Waals surface area contributed by atoms with Crippen LogP contribution < -0.4 is 5.32 Å². The number of carbonyl (C=O) groups is 1. The van der Waals surface area contributed by atoms with Crippen molar-refractivity contribution in [3.63, 3.8) is 0 Å². The Hall–Kier alpha value is -0.370. The molecular formula is C8H15NO. The predicted octanol–water partition coefficient (Wildman–Crippen LogP) is 0.963. The molecule has 0 aliphatic heterocycles. The third-order valence-electron chi connectivity index (χ3n) is 2.36.